The normalized spacial score (nSPS) is 13.8. The van der Waals surface area contributed by atoms with E-state index in [0.717, 1.165) is 34.9 Å². The molecule has 0 atom stereocenters. The number of nitrogens with zero attached hydrogens (tertiary/aromatic N) is 3. The van der Waals surface area contributed by atoms with E-state index in [1.807, 2.05) is 41.8 Å². The van der Waals surface area contributed by atoms with Crippen molar-refractivity contribution in [3.8, 4) is 10.6 Å². The van der Waals surface area contributed by atoms with Crippen LogP contribution in [0.4, 0.5) is 11.4 Å². The van der Waals surface area contributed by atoms with Crippen molar-refractivity contribution in [3.05, 3.63) is 59.9 Å². The number of anilines is 2. The van der Waals surface area contributed by atoms with Crippen molar-refractivity contribution >= 4 is 34.5 Å². The van der Waals surface area contributed by atoms with Crippen LogP contribution in [0.5, 0.6) is 0 Å². The molecule has 3 aromatic rings. The number of aromatic nitrogens is 2. The third-order valence-electron chi connectivity index (χ3n) is 4.32. The largest absolute Gasteiger partial charge is 0.326 e. The van der Waals surface area contributed by atoms with Crippen LogP contribution in [0.2, 0.25) is 0 Å². The lowest BCUT2D eigenvalue weighted by atomic mass is 10.2. The van der Waals surface area contributed by atoms with Crippen LogP contribution in [0, 0.1) is 0 Å². The van der Waals surface area contributed by atoms with Gasteiger partial charge in [0.2, 0.25) is 11.8 Å². The van der Waals surface area contributed by atoms with Gasteiger partial charge in [0.15, 0.2) is 0 Å². The maximum atomic E-state index is 12.4. The molecule has 6 nitrogen and oxygen atoms in total. The third-order valence-corrected chi connectivity index (χ3v) is 5.26. The summed E-state index contributed by atoms with van der Waals surface area (Å²) in [5, 5.41) is 5.63. The molecule has 3 heterocycles. The van der Waals surface area contributed by atoms with Gasteiger partial charge in [-0.2, -0.15) is 0 Å². The first-order valence-corrected chi connectivity index (χ1v) is 9.62. The Balaban J connectivity index is 1.41. The van der Waals surface area contributed by atoms with Crippen molar-refractivity contribution in [1.29, 1.82) is 0 Å². The van der Waals surface area contributed by atoms with Gasteiger partial charge in [-0.3, -0.25) is 14.6 Å². The molecule has 1 saturated heterocycles. The minimum atomic E-state index is -0.136. The molecule has 2 amide bonds. The molecule has 0 aliphatic carbocycles. The molecular weight excluding hydrogens is 360 g/mol. The topological polar surface area (TPSA) is 75.2 Å². The van der Waals surface area contributed by atoms with Crippen LogP contribution >= 0.6 is 11.3 Å². The molecule has 0 saturated carbocycles. The first-order chi connectivity index (χ1) is 13.2. The second-order valence-electron chi connectivity index (χ2n) is 6.31. The van der Waals surface area contributed by atoms with E-state index in [9.17, 15) is 9.59 Å². The van der Waals surface area contributed by atoms with E-state index in [1.54, 1.807) is 17.3 Å². The van der Waals surface area contributed by atoms with Gasteiger partial charge in [0.05, 0.1) is 12.1 Å². The third kappa shape index (κ3) is 4.03. The molecule has 1 N–H and O–H groups in total. The highest BCUT2D eigenvalue weighted by molar-refractivity contribution is 7.13. The van der Waals surface area contributed by atoms with E-state index < -0.39 is 0 Å². The quantitative estimate of drug-likeness (QED) is 0.737. The van der Waals surface area contributed by atoms with Gasteiger partial charge in [0.25, 0.3) is 0 Å². The Labute approximate surface area is 160 Å². The fourth-order valence-corrected chi connectivity index (χ4v) is 3.86. The maximum absolute atomic E-state index is 12.4. The van der Waals surface area contributed by atoms with E-state index in [-0.39, 0.29) is 18.2 Å². The van der Waals surface area contributed by atoms with Gasteiger partial charge in [-0.1, -0.05) is 6.07 Å². The van der Waals surface area contributed by atoms with Gasteiger partial charge >= 0.3 is 0 Å². The van der Waals surface area contributed by atoms with Crippen LogP contribution in [0.1, 0.15) is 18.5 Å². The van der Waals surface area contributed by atoms with E-state index in [4.69, 9.17) is 0 Å². The Morgan fingerprint density at radius 2 is 2.19 bits per heavy atom. The van der Waals surface area contributed by atoms with E-state index in [0.29, 0.717) is 12.1 Å². The van der Waals surface area contributed by atoms with Crippen molar-refractivity contribution in [2.75, 3.05) is 16.8 Å². The van der Waals surface area contributed by atoms with Crippen LogP contribution in [0.25, 0.3) is 10.6 Å². The first kappa shape index (κ1) is 17.4. The summed E-state index contributed by atoms with van der Waals surface area (Å²) in [6, 6.07) is 11.2. The zero-order chi connectivity index (χ0) is 18.6. The number of benzene rings is 1. The SMILES string of the molecule is O=C(Cc1csc(-c2cccnc2)n1)Nc1cccc(N2CCCC2=O)c1. The Morgan fingerprint density at radius 3 is 2.96 bits per heavy atom. The zero-order valence-electron chi connectivity index (χ0n) is 14.6. The Kier molecular flexibility index (Phi) is 4.93. The van der Waals surface area contributed by atoms with Gasteiger partial charge in [0.1, 0.15) is 5.01 Å². The molecule has 1 fully saturated rings. The number of rotatable bonds is 5. The summed E-state index contributed by atoms with van der Waals surface area (Å²) in [6.45, 7) is 0.728. The molecule has 0 bridgehead atoms. The van der Waals surface area contributed by atoms with Crippen molar-refractivity contribution in [2.45, 2.75) is 19.3 Å². The molecule has 2 aromatic heterocycles. The molecule has 1 aliphatic rings. The summed E-state index contributed by atoms with van der Waals surface area (Å²) in [6.07, 6.45) is 5.13. The number of amides is 2. The first-order valence-electron chi connectivity index (χ1n) is 8.74. The fourth-order valence-electron chi connectivity index (χ4n) is 3.05. The summed E-state index contributed by atoms with van der Waals surface area (Å²) in [5.74, 6) is -0.00758. The second kappa shape index (κ2) is 7.67. The van der Waals surface area contributed by atoms with Crippen LogP contribution in [-0.4, -0.2) is 28.3 Å². The Morgan fingerprint density at radius 1 is 1.26 bits per heavy atom. The molecule has 136 valence electrons. The van der Waals surface area contributed by atoms with E-state index in [1.165, 1.54) is 11.3 Å². The highest BCUT2D eigenvalue weighted by Gasteiger charge is 2.21. The van der Waals surface area contributed by atoms with Gasteiger partial charge < -0.3 is 10.2 Å². The van der Waals surface area contributed by atoms with Crippen molar-refractivity contribution in [2.24, 2.45) is 0 Å². The van der Waals surface area contributed by atoms with Crippen molar-refractivity contribution < 1.29 is 9.59 Å². The molecule has 4 rings (SSSR count). The molecule has 1 aromatic carbocycles. The highest BCUT2D eigenvalue weighted by atomic mass is 32.1. The zero-order valence-corrected chi connectivity index (χ0v) is 15.4. The summed E-state index contributed by atoms with van der Waals surface area (Å²) in [7, 11) is 0. The lowest BCUT2D eigenvalue weighted by Gasteiger charge is -2.16. The molecule has 1 aliphatic heterocycles. The lowest BCUT2D eigenvalue weighted by molar-refractivity contribution is -0.117. The highest BCUT2D eigenvalue weighted by Crippen LogP contribution is 2.25. The minimum absolute atomic E-state index is 0.129. The average molecular weight is 378 g/mol. The summed E-state index contributed by atoms with van der Waals surface area (Å²) < 4.78 is 0. The van der Waals surface area contributed by atoms with Crippen LogP contribution in [-0.2, 0) is 16.0 Å². The number of carbonyl (C=O) groups is 2. The summed E-state index contributed by atoms with van der Waals surface area (Å²) >= 11 is 1.50. The van der Waals surface area contributed by atoms with Gasteiger partial charge in [-0.15, -0.1) is 11.3 Å². The van der Waals surface area contributed by atoms with Gasteiger partial charge in [-0.25, -0.2) is 4.98 Å². The van der Waals surface area contributed by atoms with Crippen LogP contribution in [0.15, 0.2) is 54.2 Å². The Bertz CT molecular complexity index is 971. The standard InChI is InChI=1S/C20H18N4O2S/c25-18(11-16-13-27-20(23-16)14-4-2-8-21-12-14)22-15-5-1-6-17(10-15)24-9-3-7-19(24)26/h1-2,4-6,8,10,12-13H,3,7,9,11H2,(H,22,25). The minimum Gasteiger partial charge on any atom is -0.326 e. The molecule has 0 spiro atoms. The molecule has 7 heteroatoms. The summed E-state index contributed by atoms with van der Waals surface area (Å²) in [5.41, 5.74) is 3.17. The average Bonchev–Trinajstić information content (AvgIpc) is 3.31. The predicted octanol–water partition coefficient (Wildman–Crippen LogP) is 3.51. The summed E-state index contributed by atoms with van der Waals surface area (Å²) in [4.78, 5) is 34.7. The van der Waals surface area contributed by atoms with Crippen LogP contribution < -0.4 is 10.2 Å². The number of nitrogens with one attached hydrogen (secondary N) is 1. The Hall–Kier alpha value is -3.06. The molecule has 0 unspecified atom stereocenters. The van der Waals surface area contributed by atoms with Gasteiger partial charge in [-0.05, 0) is 36.8 Å². The van der Waals surface area contributed by atoms with Gasteiger partial charge in [0, 0.05) is 47.7 Å². The second-order valence-corrected chi connectivity index (χ2v) is 7.17. The smallest absolute Gasteiger partial charge is 0.230 e. The number of carbonyl (C=O) groups excluding carboxylic acids is 2. The number of hydrogen-bond acceptors (Lipinski definition) is 5. The number of hydrogen-bond donors (Lipinski definition) is 1. The maximum Gasteiger partial charge on any atom is 0.230 e. The van der Waals surface area contributed by atoms with Crippen LogP contribution in [0.3, 0.4) is 0 Å². The predicted molar refractivity (Wildman–Crippen MR) is 106 cm³/mol. The van der Waals surface area contributed by atoms with Crippen molar-refractivity contribution in [1.82, 2.24) is 9.97 Å². The number of pyridine rings is 1. The molecule has 27 heavy (non-hydrogen) atoms. The van der Waals surface area contributed by atoms with E-state index in [2.05, 4.69) is 15.3 Å². The fraction of sp³-hybridized carbons (Fsp3) is 0.200. The molecule has 0 radical (unpaired) electrons. The lowest BCUT2D eigenvalue weighted by Crippen LogP contribution is -2.23. The monoisotopic (exact) mass is 378 g/mol. The van der Waals surface area contributed by atoms with Crippen molar-refractivity contribution in [3.63, 3.8) is 0 Å². The van der Waals surface area contributed by atoms with E-state index >= 15 is 0 Å². The number of thiazole rings is 1. The molecular formula is C20H18N4O2S.